The zero-order valence-electron chi connectivity index (χ0n) is 9.17. The molecule has 3 atom stereocenters. The summed E-state index contributed by atoms with van der Waals surface area (Å²) in [5, 5.41) is 6.62. The van der Waals surface area contributed by atoms with Gasteiger partial charge in [0.1, 0.15) is 0 Å². The van der Waals surface area contributed by atoms with Crippen LogP contribution >= 0.6 is 0 Å². The van der Waals surface area contributed by atoms with Crippen LogP contribution in [0.2, 0.25) is 0 Å². The highest BCUT2D eigenvalue weighted by Crippen LogP contribution is 2.33. The molecule has 0 radical (unpaired) electrons. The van der Waals surface area contributed by atoms with Gasteiger partial charge in [0.2, 0.25) is 5.91 Å². The molecule has 1 heterocycles. The van der Waals surface area contributed by atoms with E-state index >= 15 is 0 Å². The molecule has 3 aliphatic rings. The van der Waals surface area contributed by atoms with E-state index in [2.05, 4.69) is 10.6 Å². The van der Waals surface area contributed by atoms with Crippen LogP contribution in [0.1, 0.15) is 44.9 Å². The number of rotatable bonds is 2. The van der Waals surface area contributed by atoms with Crippen molar-refractivity contribution in [2.45, 2.75) is 63.1 Å². The maximum Gasteiger partial charge on any atom is 0.237 e. The highest BCUT2D eigenvalue weighted by Gasteiger charge is 2.39. The summed E-state index contributed by atoms with van der Waals surface area (Å²) in [5.41, 5.74) is 0. The Balaban J connectivity index is 1.56. The van der Waals surface area contributed by atoms with E-state index in [0.29, 0.717) is 12.1 Å². The third-order valence-corrected chi connectivity index (χ3v) is 4.10. The summed E-state index contributed by atoms with van der Waals surface area (Å²) in [6.45, 7) is 0. The second kappa shape index (κ2) is 3.78. The Kier molecular flexibility index (Phi) is 2.43. The van der Waals surface area contributed by atoms with E-state index in [-0.39, 0.29) is 11.9 Å². The minimum Gasteiger partial charge on any atom is -0.352 e. The van der Waals surface area contributed by atoms with Gasteiger partial charge in [-0.2, -0.15) is 0 Å². The standard InChI is InChI=1S/C12H20N2O/c15-12(13-9-5-6-9)11-7-8-3-1-2-4-10(8)14-11/h8-11,14H,1-7H2,(H,13,15). The van der Waals surface area contributed by atoms with Gasteiger partial charge in [-0.1, -0.05) is 12.8 Å². The predicted molar refractivity (Wildman–Crippen MR) is 58.5 cm³/mol. The Morgan fingerprint density at radius 1 is 1.13 bits per heavy atom. The Morgan fingerprint density at radius 3 is 2.67 bits per heavy atom. The van der Waals surface area contributed by atoms with Crippen molar-refractivity contribution < 1.29 is 4.79 Å². The molecule has 0 spiro atoms. The molecule has 0 aromatic carbocycles. The molecule has 2 aliphatic carbocycles. The summed E-state index contributed by atoms with van der Waals surface area (Å²) < 4.78 is 0. The first kappa shape index (κ1) is 9.64. The lowest BCUT2D eigenvalue weighted by molar-refractivity contribution is -0.123. The molecule has 84 valence electrons. The van der Waals surface area contributed by atoms with E-state index in [1.807, 2.05) is 0 Å². The molecule has 1 saturated heterocycles. The molecule has 3 fully saturated rings. The van der Waals surface area contributed by atoms with Crippen LogP contribution in [0, 0.1) is 5.92 Å². The minimum atomic E-state index is 0.110. The van der Waals surface area contributed by atoms with Gasteiger partial charge in [-0.25, -0.2) is 0 Å². The SMILES string of the molecule is O=C(NC1CC1)C1CC2CCCCC2N1. The quantitative estimate of drug-likeness (QED) is 0.715. The van der Waals surface area contributed by atoms with Gasteiger partial charge >= 0.3 is 0 Å². The van der Waals surface area contributed by atoms with Crippen LogP contribution in [-0.4, -0.2) is 24.0 Å². The van der Waals surface area contributed by atoms with Gasteiger partial charge < -0.3 is 10.6 Å². The maximum atomic E-state index is 11.9. The van der Waals surface area contributed by atoms with Gasteiger partial charge in [-0.3, -0.25) is 4.79 Å². The fraction of sp³-hybridized carbons (Fsp3) is 0.917. The van der Waals surface area contributed by atoms with Crippen molar-refractivity contribution in [3.05, 3.63) is 0 Å². The normalized spacial score (nSPS) is 39.9. The summed E-state index contributed by atoms with van der Waals surface area (Å²) in [6, 6.07) is 1.24. The monoisotopic (exact) mass is 208 g/mol. The van der Waals surface area contributed by atoms with Gasteiger partial charge in [0, 0.05) is 12.1 Å². The lowest BCUT2D eigenvalue weighted by atomic mass is 9.85. The van der Waals surface area contributed by atoms with E-state index in [0.717, 1.165) is 12.3 Å². The van der Waals surface area contributed by atoms with E-state index in [1.165, 1.54) is 38.5 Å². The molecule has 2 saturated carbocycles. The first-order valence-electron chi connectivity index (χ1n) is 6.39. The van der Waals surface area contributed by atoms with Crippen molar-refractivity contribution in [3.63, 3.8) is 0 Å². The number of amides is 1. The first-order valence-corrected chi connectivity index (χ1v) is 6.39. The summed E-state index contributed by atoms with van der Waals surface area (Å²) in [7, 11) is 0. The molecular weight excluding hydrogens is 188 g/mol. The number of hydrogen-bond acceptors (Lipinski definition) is 2. The van der Waals surface area contributed by atoms with Gasteiger partial charge in [0.25, 0.3) is 0 Å². The third-order valence-electron chi connectivity index (χ3n) is 4.10. The zero-order valence-corrected chi connectivity index (χ0v) is 9.17. The molecule has 3 rings (SSSR count). The summed E-state index contributed by atoms with van der Waals surface area (Å²) >= 11 is 0. The Morgan fingerprint density at radius 2 is 1.93 bits per heavy atom. The van der Waals surface area contributed by atoms with Crippen molar-refractivity contribution in [1.82, 2.24) is 10.6 Å². The highest BCUT2D eigenvalue weighted by molar-refractivity contribution is 5.82. The van der Waals surface area contributed by atoms with E-state index < -0.39 is 0 Å². The largest absolute Gasteiger partial charge is 0.352 e. The van der Waals surface area contributed by atoms with Crippen molar-refractivity contribution in [2.75, 3.05) is 0 Å². The van der Waals surface area contributed by atoms with Crippen LogP contribution in [-0.2, 0) is 4.79 Å². The number of nitrogens with one attached hydrogen (secondary N) is 2. The van der Waals surface area contributed by atoms with E-state index in [1.54, 1.807) is 0 Å². The predicted octanol–water partition coefficient (Wildman–Crippen LogP) is 1.19. The van der Waals surface area contributed by atoms with Gasteiger partial charge in [-0.15, -0.1) is 0 Å². The van der Waals surface area contributed by atoms with Crippen molar-refractivity contribution in [1.29, 1.82) is 0 Å². The van der Waals surface area contributed by atoms with Gasteiger partial charge in [-0.05, 0) is 38.0 Å². The molecule has 3 heteroatoms. The summed E-state index contributed by atoms with van der Waals surface area (Å²) in [6.07, 6.45) is 8.74. The second-order valence-electron chi connectivity index (χ2n) is 5.39. The lowest BCUT2D eigenvalue weighted by Gasteiger charge is -2.24. The molecule has 1 aliphatic heterocycles. The van der Waals surface area contributed by atoms with Gasteiger partial charge in [0.15, 0.2) is 0 Å². The molecule has 3 nitrogen and oxygen atoms in total. The molecule has 0 bridgehead atoms. The van der Waals surface area contributed by atoms with Crippen molar-refractivity contribution >= 4 is 5.91 Å². The van der Waals surface area contributed by atoms with E-state index in [9.17, 15) is 4.79 Å². The Labute approximate surface area is 91.0 Å². The van der Waals surface area contributed by atoms with Crippen LogP contribution in [0.25, 0.3) is 0 Å². The fourth-order valence-corrected chi connectivity index (χ4v) is 3.05. The van der Waals surface area contributed by atoms with Crippen LogP contribution in [0.4, 0.5) is 0 Å². The smallest absolute Gasteiger partial charge is 0.237 e. The van der Waals surface area contributed by atoms with E-state index in [4.69, 9.17) is 0 Å². The van der Waals surface area contributed by atoms with Crippen LogP contribution in [0.15, 0.2) is 0 Å². The molecule has 3 unspecified atom stereocenters. The molecule has 2 N–H and O–H groups in total. The minimum absolute atomic E-state index is 0.110. The van der Waals surface area contributed by atoms with Crippen molar-refractivity contribution in [2.24, 2.45) is 5.92 Å². The molecule has 1 amide bonds. The topological polar surface area (TPSA) is 41.1 Å². The second-order valence-corrected chi connectivity index (χ2v) is 5.39. The van der Waals surface area contributed by atoms with Crippen molar-refractivity contribution in [3.8, 4) is 0 Å². The summed E-state index contributed by atoms with van der Waals surface area (Å²) in [4.78, 5) is 11.9. The molecule has 0 aromatic rings. The highest BCUT2D eigenvalue weighted by atomic mass is 16.2. The molecule has 0 aromatic heterocycles. The molecule has 15 heavy (non-hydrogen) atoms. The fourth-order valence-electron chi connectivity index (χ4n) is 3.05. The average molecular weight is 208 g/mol. The number of carbonyl (C=O) groups excluding carboxylic acids is 1. The third kappa shape index (κ3) is 2.03. The molecular formula is C12H20N2O. The van der Waals surface area contributed by atoms with Crippen LogP contribution in [0.5, 0.6) is 0 Å². The zero-order chi connectivity index (χ0) is 10.3. The summed E-state index contributed by atoms with van der Waals surface area (Å²) in [5.74, 6) is 1.03. The number of hydrogen-bond donors (Lipinski definition) is 2. The number of fused-ring (bicyclic) bond motifs is 1. The van der Waals surface area contributed by atoms with Gasteiger partial charge in [0.05, 0.1) is 6.04 Å². The lowest BCUT2D eigenvalue weighted by Crippen LogP contribution is -2.43. The van der Waals surface area contributed by atoms with Crippen LogP contribution < -0.4 is 10.6 Å². The average Bonchev–Trinajstić information content (AvgIpc) is 2.95. The van der Waals surface area contributed by atoms with Crippen LogP contribution in [0.3, 0.4) is 0 Å². The number of carbonyl (C=O) groups is 1. The maximum absolute atomic E-state index is 11.9. The first-order chi connectivity index (χ1) is 7.33. The Bertz CT molecular complexity index is 248. The Hall–Kier alpha value is -0.570.